The number of hydrogen-bond donors (Lipinski definition) is 1. The van der Waals surface area contributed by atoms with Crippen molar-refractivity contribution in [3.63, 3.8) is 0 Å². The maximum absolute atomic E-state index is 13.6. The predicted molar refractivity (Wildman–Crippen MR) is 79.7 cm³/mol. The molecule has 1 aromatic heterocycles. The van der Waals surface area contributed by atoms with Crippen molar-refractivity contribution in [2.75, 3.05) is 0 Å². The molecule has 100 valence electrons. The van der Waals surface area contributed by atoms with Gasteiger partial charge in [-0.05, 0) is 61.7 Å². The molecule has 1 unspecified atom stereocenters. The summed E-state index contributed by atoms with van der Waals surface area (Å²) < 4.78 is 15.1. The zero-order chi connectivity index (χ0) is 14.0. The van der Waals surface area contributed by atoms with Gasteiger partial charge in [-0.15, -0.1) is 0 Å². The normalized spacial score (nSPS) is 12.5. The van der Waals surface area contributed by atoms with Gasteiger partial charge in [-0.1, -0.05) is 11.6 Å². The summed E-state index contributed by atoms with van der Waals surface area (Å²) in [5.74, 6) is -0.392. The maximum Gasteiger partial charge on any atom is 0.126 e. The summed E-state index contributed by atoms with van der Waals surface area (Å²) in [5, 5.41) is 10.6. The minimum atomic E-state index is -0.907. The van der Waals surface area contributed by atoms with Gasteiger partial charge in [0.05, 0.1) is 5.69 Å². The van der Waals surface area contributed by atoms with Gasteiger partial charge in [0.2, 0.25) is 0 Å². The molecule has 1 aromatic carbocycles. The van der Waals surface area contributed by atoms with E-state index < -0.39 is 11.9 Å². The lowest BCUT2D eigenvalue weighted by Gasteiger charge is -2.13. The largest absolute Gasteiger partial charge is 0.386 e. The average molecular weight is 409 g/mol. The van der Waals surface area contributed by atoms with E-state index in [0.717, 1.165) is 4.47 Å². The van der Waals surface area contributed by atoms with Crippen molar-refractivity contribution < 1.29 is 9.50 Å². The smallest absolute Gasteiger partial charge is 0.126 e. The van der Waals surface area contributed by atoms with E-state index in [0.29, 0.717) is 20.8 Å². The fourth-order valence-corrected chi connectivity index (χ4v) is 3.12. The van der Waals surface area contributed by atoms with Crippen LogP contribution in [0, 0.1) is 5.82 Å². The third kappa shape index (κ3) is 3.75. The monoisotopic (exact) mass is 407 g/mol. The number of rotatable bonds is 3. The van der Waals surface area contributed by atoms with Gasteiger partial charge in [0.1, 0.15) is 11.9 Å². The van der Waals surface area contributed by atoms with E-state index >= 15 is 0 Å². The van der Waals surface area contributed by atoms with Crippen molar-refractivity contribution in [2.45, 2.75) is 12.5 Å². The molecule has 0 aliphatic rings. The molecule has 1 atom stereocenters. The minimum Gasteiger partial charge on any atom is -0.386 e. The van der Waals surface area contributed by atoms with E-state index in [1.54, 1.807) is 12.3 Å². The zero-order valence-corrected chi connectivity index (χ0v) is 13.5. The number of halogens is 4. The second-order valence-corrected chi connectivity index (χ2v) is 6.18. The highest BCUT2D eigenvalue weighted by atomic mass is 79.9. The number of nitrogens with zero attached hydrogens (tertiary/aromatic N) is 1. The molecule has 0 saturated heterocycles. The number of hydrogen-bond acceptors (Lipinski definition) is 2. The summed E-state index contributed by atoms with van der Waals surface area (Å²) in [6.45, 7) is 0. The predicted octanol–water partition coefficient (Wildman–Crippen LogP) is 4.68. The van der Waals surface area contributed by atoms with Crippen molar-refractivity contribution in [3.05, 3.63) is 61.5 Å². The Labute approximate surface area is 131 Å². The molecule has 0 saturated carbocycles. The summed E-state index contributed by atoms with van der Waals surface area (Å²) in [6.07, 6.45) is 0.785. The standard InChI is InChI=1S/C13H9Br2ClFNO/c14-8-5-10(15)13(18-6-8)12(19)4-7-3-9(16)1-2-11(7)17/h1-3,5-6,12,19H,4H2. The second-order valence-electron chi connectivity index (χ2n) is 3.98. The first-order valence-corrected chi connectivity index (χ1v) is 7.36. The van der Waals surface area contributed by atoms with Crippen LogP contribution in [0.1, 0.15) is 17.4 Å². The molecule has 1 N–H and O–H groups in total. The molecule has 2 aromatic rings. The van der Waals surface area contributed by atoms with Crippen LogP contribution in [0.3, 0.4) is 0 Å². The van der Waals surface area contributed by atoms with Crippen molar-refractivity contribution in [1.29, 1.82) is 0 Å². The van der Waals surface area contributed by atoms with Crippen LogP contribution >= 0.6 is 43.5 Å². The molecular weight excluding hydrogens is 400 g/mol. The molecule has 0 radical (unpaired) electrons. The van der Waals surface area contributed by atoms with Crippen molar-refractivity contribution in [3.8, 4) is 0 Å². The number of aliphatic hydroxyl groups excluding tert-OH is 1. The molecule has 6 heteroatoms. The topological polar surface area (TPSA) is 33.1 Å². The Morgan fingerprint density at radius 1 is 1.32 bits per heavy atom. The van der Waals surface area contributed by atoms with E-state index in [9.17, 15) is 9.50 Å². The van der Waals surface area contributed by atoms with E-state index in [4.69, 9.17) is 11.6 Å². The van der Waals surface area contributed by atoms with Gasteiger partial charge >= 0.3 is 0 Å². The van der Waals surface area contributed by atoms with Crippen LogP contribution in [-0.4, -0.2) is 10.1 Å². The van der Waals surface area contributed by atoms with Gasteiger partial charge in [0.15, 0.2) is 0 Å². The Kier molecular flexibility index (Phi) is 4.95. The van der Waals surface area contributed by atoms with Crippen molar-refractivity contribution in [1.82, 2.24) is 4.98 Å². The highest BCUT2D eigenvalue weighted by molar-refractivity contribution is 9.11. The Hall–Kier alpha value is -0.490. The summed E-state index contributed by atoms with van der Waals surface area (Å²) in [4.78, 5) is 4.13. The first-order chi connectivity index (χ1) is 8.97. The molecule has 19 heavy (non-hydrogen) atoms. The molecule has 0 aliphatic carbocycles. The molecule has 0 fully saturated rings. The summed E-state index contributed by atoms with van der Waals surface area (Å²) in [6, 6.07) is 6.04. The number of benzene rings is 1. The first kappa shape index (κ1) is 14.9. The van der Waals surface area contributed by atoms with E-state index in [1.807, 2.05) is 0 Å². The lowest BCUT2D eigenvalue weighted by Crippen LogP contribution is -2.06. The molecule has 1 heterocycles. The fourth-order valence-electron chi connectivity index (χ4n) is 1.68. The van der Waals surface area contributed by atoms with Crippen LogP contribution < -0.4 is 0 Å². The summed E-state index contributed by atoms with van der Waals surface area (Å²) >= 11 is 12.4. The maximum atomic E-state index is 13.6. The van der Waals surface area contributed by atoms with Crippen molar-refractivity contribution in [2.24, 2.45) is 0 Å². The quantitative estimate of drug-likeness (QED) is 0.799. The van der Waals surface area contributed by atoms with Crippen molar-refractivity contribution >= 4 is 43.5 Å². The Bertz CT molecular complexity index is 609. The second kappa shape index (κ2) is 6.31. The van der Waals surface area contributed by atoms with E-state index in [1.165, 1.54) is 18.2 Å². The first-order valence-electron chi connectivity index (χ1n) is 5.40. The molecular formula is C13H9Br2ClFNO. The van der Waals surface area contributed by atoms with E-state index in [2.05, 4.69) is 36.8 Å². The Morgan fingerprint density at radius 2 is 2.05 bits per heavy atom. The van der Waals surface area contributed by atoms with Gasteiger partial charge in [-0.3, -0.25) is 4.98 Å². The average Bonchev–Trinajstić information content (AvgIpc) is 2.33. The molecule has 0 spiro atoms. The number of aliphatic hydroxyl groups is 1. The minimum absolute atomic E-state index is 0.111. The van der Waals surface area contributed by atoms with Crippen LogP contribution in [-0.2, 0) is 6.42 Å². The third-order valence-corrected chi connectivity index (χ3v) is 3.88. The Morgan fingerprint density at radius 3 is 2.74 bits per heavy atom. The van der Waals surface area contributed by atoms with Crippen LogP contribution in [0.5, 0.6) is 0 Å². The van der Waals surface area contributed by atoms with Crippen LogP contribution in [0.15, 0.2) is 39.4 Å². The number of pyridine rings is 1. The van der Waals surface area contributed by atoms with E-state index in [-0.39, 0.29) is 6.42 Å². The highest BCUT2D eigenvalue weighted by Crippen LogP contribution is 2.28. The zero-order valence-electron chi connectivity index (χ0n) is 9.58. The van der Waals surface area contributed by atoms with Crippen LogP contribution in [0.4, 0.5) is 4.39 Å². The molecule has 2 rings (SSSR count). The summed E-state index contributed by atoms with van der Waals surface area (Å²) in [7, 11) is 0. The van der Waals surface area contributed by atoms with Gasteiger partial charge in [0.25, 0.3) is 0 Å². The van der Waals surface area contributed by atoms with Gasteiger partial charge < -0.3 is 5.11 Å². The lowest BCUT2D eigenvalue weighted by atomic mass is 10.0. The number of aromatic nitrogens is 1. The van der Waals surface area contributed by atoms with Crippen LogP contribution in [0.25, 0.3) is 0 Å². The molecule has 0 amide bonds. The van der Waals surface area contributed by atoms with Crippen LogP contribution in [0.2, 0.25) is 5.02 Å². The van der Waals surface area contributed by atoms with Gasteiger partial charge in [-0.2, -0.15) is 0 Å². The van der Waals surface area contributed by atoms with Gasteiger partial charge in [-0.25, -0.2) is 4.39 Å². The third-order valence-electron chi connectivity index (χ3n) is 2.57. The van der Waals surface area contributed by atoms with Gasteiger partial charge in [0, 0.05) is 26.6 Å². The highest BCUT2D eigenvalue weighted by Gasteiger charge is 2.16. The SMILES string of the molecule is OC(Cc1cc(Cl)ccc1F)c1ncc(Br)cc1Br. The lowest BCUT2D eigenvalue weighted by molar-refractivity contribution is 0.171. The fraction of sp³-hybridized carbons (Fsp3) is 0.154. The molecule has 2 nitrogen and oxygen atoms in total. The molecule has 0 bridgehead atoms. The Balaban J connectivity index is 2.25. The molecule has 0 aliphatic heterocycles. The summed E-state index contributed by atoms with van der Waals surface area (Å²) in [5.41, 5.74) is 0.819.